The molecule has 0 spiro atoms. The molecule has 0 radical (unpaired) electrons. The number of hydrogen-bond acceptors (Lipinski definition) is 6. The molecule has 0 aliphatic carbocycles. The maximum atomic E-state index is 14.4. The number of halogens is 1. The fourth-order valence-electron chi connectivity index (χ4n) is 4.01. The van der Waals surface area contributed by atoms with Crippen LogP contribution >= 0.6 is 0 Å². The third kappa shape index (κ3) is 7.98. The fourth-order valence-corrected chi connectivity index (χ4v) is 4.01. The third-order valence-corrected chi connectivity index (χ3v) is 6.07. The van der Waals surface area contributed by atoms with Crippen molar-refractivity contribution in [1.82, 2.24) is 9.97 Å². The molecule has 35 heavy (non-hydrogen) atoms. The number of aromatic nitrogens is 2. The maximum Gasteiger partial charge on any atom is 0.230 e. The van der Waals surface area contributed by atoms with Crippen LogP contribution in [0.5, 0.6) is 23.1 Å². The van der Waals surface area contributed by atoms with Gasteiger partial charge in [0.15, 0.2) is 23.1 Å². The van der Waals surface area contributed by atoms with E-state index in [4.69, 9.17) is 14.2 Å². The van der Waals surface area contributed by atoms with E-state index in [2.05, 4.69) is 22.2 Å². The minimum absolute atomic E-state index is 0.0873. The van der Waals surface area contributed by atoms with Gasteiger partial charge in [-0.1, -0.05) is 64.7 Å². The predicted octanol–water partition coefficient (Wildman–Crippen LogP) is 7.91. The lowest BCUT2D eigenvalue weighted by atomic mass is 10.1. The van der Waals surface area contributed by atoms with Crippen molar-refractivity contribution in [2.45, 2.75) is 71.1 Å². The molecule has 0 fully saturated rings. The Morgan fingerprint density at radius 2 is 1.54 bits per heavy atom. The first-order valence-electron chi connectivity index (χ1n) is 12.8. The van der Waals surface area contributed by atoms with Crippen molar-refractivity contribution in [1.29, 1.82) is 0 Å². The van der Waals surface area contributed by atoms with Crippen LogP contribution in [-0.4, -0.2) is 30.7 Å². The average molecular weight is 484 g/mol. The fraction of sp³-hybridized carbons (Fsp3) is 0.500. The summed E-state index contributed by atoms with van der Waals surface area (Å²) >= 11 is 0. The Hall–Kier alpha value is -3.09. The lowest BCUT2D eigenvalue weighted by molar-refractivity contribution is 0.285. The van der Waals surface area contributed by atoms with Gasteiger partial charge in [-0.05, 0) is 24.6 Å². The van der Waals surface area contributed by atoms with Crippen molar-refractivity contribution in [3.63, 3.8) is 0 Å². The van der Waals surface area contributed by atoms with Crippen molar-refractivity contribution in [2.75, 3.05) is 26.1 Å². The number of hydrogen-bond donors (Lipinski definition) is 1. The van der Waals surface area contributed by atoms with Gasteiger partial charge in [-0.2, -0.15) is 0 Å². The SMILES string of the molecule is CCCCCCCCCCCCOc1cc2ncnc(Oc3ccc(NC)cc3F)c2cc1OC. The van der Waals surface area contributed by atoms with Crippen LogP contribution in [0.2, 0.25) is 0 Å². The van der Waals surface area contributed by atoms with E-state index >= 15 is 0 Å². The lowest BCUT2D eigenvalue weighted by Gasteiger charge is -2.14. The van der Waals surface area contributed by atoms with Crippen LogP contribution in [0.3, 0.4) is 0 Å². The molecule has 0 aliphatic rings. The molecular formula is C28H38FN3O3. The van der Waals surface area contributed by atoms with E-state index in [1.807, 2.05) is 6.07 Å². The largest absolute Gasteiger partial charge is 0.493 e. The normalized spacial score (nSPS) is 11.0. The van der Waals surface area contributed by atoms with Gasteiger partial charge in [0.2, 0.25) is 5.88 Å². The second kappa shape index (κ2) is 14.3. The number of fused-ring (bicyclic) bond motifs is 1. The van der Waals surface area contributed by atoms with Crippen LogP contribution in [0.25, 0.3) is 10.9 Å². The van der Waals surface area contributed by atoms with Gasteiger partial charge >= 0.3 is 0 Å². The Morgan fingerprint density at radius 3 is 2.20 bits per heavy atom. The smallest absolute Gasteiger partial charge is 0.230 e. The molecule has 0 amide bonds. The van der Waals surface area contributed by atoms with Gasteiger partial charge in [0.05, 0.1) is 24.6 Å². The summed E-state index contributed by atoms with van der Waals surface area (Å²) in [5, 5.41) is 3.52. The number of rotatable bonds is 16. The van der Waals surface area contributed by atoms with Crippen LogP contribution < -0.4 is 19.5 Å². The van der Waals surface area contributed by atoms with Crippen LogP contribution in [0.4, 0.5) is 10.1 Å². The van der Waals surface area contributed by atoms with E-state index in [1.54, 1.807) is 32.4 Å². The highest BCUT2D eigenvalue weighted by molar-refractivity contribution is 5.87. The molecule has 190 valence electrons. The molecule has 0 saturated carbocycles. The highest BCUT2D eigenvalue weighted by Gasteiger charge is 2.15. The summed E-state index contributed by atoms with van der Waals surface area (Å²) in [6, 6.07) is 8.27. The van der Waals surface area contributed by atoms with Crippen molar-refractivity contribution < 1.29 is 18.6 Å². The predicted molar refractivity (Wildman–Crippen MR) is 139 cm³/mol. The number of methoxy groups -OCH3 is 1. The molecule has 6 nitrogen and oxygen atoms in total. The van der Waals surface area contributed by atoms with Crippen LogP contribution in [0, 0.1) is 5.82 Å². The molecule has 0 atom stereocenters. The molecule has 7 heteroatoms. The van der Waals surface area contributed by atoms with Crippen molar-refractivity contribution in [3.8, 4) is 23.1 Å². The number of nitrogens with zero attached hydrogens (tertiary/aromatic N) is 2. The Kier molecular flexibility index (Phi) is 10.9. The van der Waals surface area contributed by atoms with Gasteiger partial charge < -0.3 is 19.5 Å². The first-order chi connectivity index (χ1) is 17.2. The number of unbranched alkanes of at least 4 members (excludes halogenated alkanes) is 9. The van der Waals surface area contributed by atoms with Crippen molar-refractivity contribution >= 4 is 16.6 Å². The number of benzene rings is 2. The highest BCUT2D eigenvalue weighted by atomic mass is 19.1. The molecule has 0 saturated heterocycles. The molecule has 3 aromatic rings. The Balaban J connectivity index is 1.55. The third-order valence-electron chi connectivity index (χ3n) is 6.07. The van der Waals surface area contributed by atoms with Crippen LogP contribution in [-0.2, 0) is 0 Å². The van der Waals surface area contributed by atoms with E-state index < -0.39 is 5.82 Å². The molecule has 2 aromatic carbocycles. The van der Waals surface area contributed by atoms with Gasteiger partial charge in [-0.3, -0.25) is 0 Å². The minimum Gasteiger partial charge on any atom is -0.493 e. The molecule has 0 unspecified atom stereocenters. The Morgan fingerprint density at radius 1 is 0.829 bits per heavy atom. The molecule has 1 aromatic heterocycles. The van der Waals surface area contributed by atoms with Crippen molar-refractivity contribution in [3.05, 3.63) is 42.5 Å². The minimum atomic E-state index is -0.480. The Labute approximate surface area is 208 Å². The zero-order chi connectivity index (χ0) is 24.9. The number of nitrogens with one attached hydrogen (secondary N) is 1. The summed E-state index contributed by atoms with van der Waals surface area (Å²) in [5.74, 6) is 1.06. The van der Waals surface area contributed by atoms with E-state index in [-0.39, 0.29) is 11.6 Å². The van der Waals surface area contributed by atoms with Gasteiger partial charge in [0, 0.05) is 24.9 Å². The van der Waals surface area contributed by atoms with Gasteiger partial charge in [-0.25, -0.2) is 14.4 Å². The monoisotopic (exact) mass is 483 g/mol. The topological polar surface area (TPSA) is 65.5 Å². The molecule has 1 heterocycles. The van der Waals surface area contributed by atoms with Gasteiger partial charge in [0.1, 0.15) is 6.33 Å². The average Bonchev–Trinajstić information content (AvgIpc) is 2.88. The molecule has 1 N–H and O–H groups in total. The zero-order valence-corrected chi connectivity index (χ0v) is 21.2. The summed E-state index contributed by atoms with van der Waals surface area (Å²) < 4.78 is 31.8. The highest BCUT2D eigenvalue weighted by Crippen LogP contribution is 2.36. The first-order valence-corrected chi connectivity index (χ1v) is 12.8. The first kappa shape index (κ1) is 26.5. The van der Waals surface area contributed by atoms with E-state index in [0.717, 1.165) is 12.8 Å². The van der Waals surface area contributed by atoms with Crippen LogP contribution in [0.15, 0.2) is 36.7 Å². The van der Waals surface area contributed by atoms with Crippen molar-refractivity contribution in [2.24, 2.45) is 0 Å². The zero-order valence-electron chi connectivity index (χ0n) is 21.2. The summed E-state index contributed by atoms with van der Waals surface area (Å²) in [7, 11) is 3.32. The van der Waals surface area contributed by atoms with E-state index in [9.17, 15) is 4.39 Å². The second-order valence-electron chi connectivity index (χ2n) is 8.73. The van der Waals surface area contributed by atoms with E-state index in [0.29, 0.717) is 34.7 Å². The molecule has 3 rings (SSSR count). The van der Waals surface area contributed by atoms with E-state index in [1.165, 1.54) is 63.8 Å². The molecule has 0 bridgehead atoms. The van der Waals surface area contributed by atoms with Gasteiger partial charge in [-0.15, -0.1) is 0 Å². The lowest BCUT2D eigenvalue weighted by Crippen LogP contribution is -2.01. The Bertz CT molecular complexity index is 1060. The summed E-state index contributed by atoms with van der Waals surface area (Å²) in [5.41, 5.74) is 1.30. The molecular weight excluding hydrogens is 445 g/mol. The van der Waals surface area contributed by atoms with Crippen LogP contribution in [0.1, 0.15) is 71.1 Å². The second-order valence-corrected chi connectivity index (χ2v) is 8.73. The summed E-state index contributed by atoms with van der Waals surface area (Å²) in [4.78, 5) is 8.55. The summed E-state index contributed by atoms with van der Waals surface area (Å²) in [6.45, 7) is 2.87. The molecule has 0 aliphatic heterocycles. The standard InChI is InChI=1S/C28H38FN3O3/c1-4-5-6-7-8-9-10-11-12-13-16-34-27-19-24-22(18-26(27)33-3)28(32-20-31-24)35-25-15-14-21(30-2)17-23(25)29/h14-15,17-20,30H,4-13,16H2,1-3H3. The quantitative estimate of drug-likeness (QED) is 0.209. The number of anilines is 1. The maximum absolute atomic E-state index is 14.4. The van der Waals surface area contributed by atoms with Gasteiger partial charge in [0.25, 0.3) is 0 Å². The summed E-state index contributed by atoms with van der Waals surface area (Å²) in [6.07, 6.45) is 14.2. The number of ether oxygens (including phenoxy) is 3.